The maximum Gasteiger partial charge on any atom is 0.238 e. The van der Waals surface area contributed by atoms with Crippen molar-refractivity contribution < 1.29 is 9.53 Å². The molecule has 0 bridgehead atoms. The molecular weight excluding hydrogens is 410 g/mol. The molecule has 1 aliphatic rings. The van der Waals surface area contributed by atoms with Gasteiger partial charge in [-0.3, -0.25) is 9.69 Å². The van der Waals surface area contributed by atoms with Crippen LogP contribution in [0.15, 0.2) is 47.8 Å². The highest BCUT2D eigenvalue weighted by Crippen LogP contribution is 2.28. The number of amides is 1. The van der Waals surface area contributed by atoms with Crippen LogP contribution in [-0.2, 0) is 4.79 Å². The summed E-state index contributed by atoms with van der Waals surface area (Å²) in [6.07, 6.45) is 1.98. The van der Waals surface area contributed by atoms with Gasteiger partial charge in [0.15, 0.2) is 5.13 Å². The van der Waals surface area contributed by atoms with Gasteiger partial charge in [0.2, 0.25) is 5.91 Å². The predicted octanol–water partition coefficient (Wildman–Crippen LogP) is 4.42. The van der Waals surface area contributed by atoms with E-state index in [0.29, 0.717) is 12.5 Å². The Morgan fingerprint density at radius 2 is 1.94 bits per heavy atom. The molecule has 1 amide bonds. The highest BCUT2D eigenvalue weighted by Gasteiger charge is 2.23. The van der Waals surface area contributed by atoms with Crippen LogP contribution in [0, 0.1) is 6.92 Å². The molecule has 1 aromatic carbocycles. The van der Waals surface area contributed by atoms with Gasteiger partial charge in [0.1, 0.15) is 11.6 Å². The number of pyridine rings is 1. The number of methoxy groups -OCH3 is 1. The summed E-state index contributed by atoms with van der Waals surface area (Å²) >= 11 is 1.58. The van der Waals surface area contributed by atoms with Crippen molar-refractivity contribution in [3.8, 4) is 5.75 Å². The summed E-state index contributed by atoms with van der Waals surface area (Å²) in [5.74, 6) is 2.01. The Bertz CT molecular complexity index is 1010. The second-order valence-corrected chi connectivity index (χ2v) is 8.55. The Balaban J connectivity index is 1.27. The van der Waals surface area contributed by atoms with Gasteiger partial charge in [-0.1, -0.05) is 6.07 Å². The Kier molecular flexibility index (Phi) is 6.79. The summed E-state index contributed by atoms with van der Waals surface area (Å²) in [7, 11) is 1.63. The van der Waals surface area contributed by atoms with E-state index in [4.69, 9.17) is 9.72 Å². The topological polar surface area (TPSA) is 79.4 Å². The van der Waals surface area contributed by atoms with Gasteiger partial charge < -0.3 is 15.4 Å². The normalized spacial score (nSPS) is 14.9. The molecule has 2 aromatic heterocycles. The zero-order valence-corrected chi connectivity index (χ0v) is 18.6. The number of thiazole rings is 1. The first-order chi connectivity index (χ1) is 15.1. The average Bonchev–Trinajstić information content (AvgIpc) is 3.19. The van der Waals surface area contributed by atoms with E-state index < -0.39 is 0 Å². The molecule has 3 aromatic rings. The minimum atomic E-state index is 0.00619. The molecular formula is C23H27N5O2S. The molecule has 1 fully saturated rings. The van der Waals surface area contributed by atoms with Crippen LogP contribution < -0.4 is 15.4 Å². The third kappa shape index (κ3) is 5.80. The van der Waals surface area contributed by atoms with Crippen molar-refractivity contribution in [3.05, 3.63) is 59.2 Å². The van der Waals surface area contributed by atoms with E-state index >= 15 is 0 Å². The van der Waals surface area contributed by atoms with Crippen LogP contribution in [0.4, 0.5) is 16.6 Å². The van der Waals surface area contributed by atoms with Crippen LogP contribution in [-0.4, -0.2) is 47.5 Å². The van der Waals surface area contributed by atoms with Crippen LogP contribution in [0.2, 0.25) is 0 Å². The molecule has 0 aliphatic carbocycles. The van der Waals surface area contributed by atoms with Crippen molar-refractivity contribution in [1.82, 2.24) is 14.9 Å². The third-order valence-corrected chi connectivity index (χ3v) is 6.25. The van der Waals surface area contributed by atoms with Gasteiger partial charge in [0.25, 0.3) is 0 Å². The van der Waals surface area contributed by atoms with Crippen LogP contribution in [0.5, 0.6) is 5.75 Å². The zero-order chi connectivity index (χ0) is 21.6. The average molecular weight is 438 g/mol. The van der Waals surface area contributed by atoms with Crippen molar-refractivity contribution in [2.45, 2.75) is 25.7 Å². The smallest absolute Gasteiger partial charge is 0.238 e. The van der Waals surface area contributed by atoms with Gasteiger partial charge in [-0.05, 0) is 69.3 Å². The third-order valence-electron chi connectivity index (χ3n) is 5.37. The molecule has 0 saturated carbocycles. The second-order valence-electron chi connectivity index (χ2n) is 7.69. The first kappa shape index (κ1) is 21.3. The largest absolute Gasteiger partial charge is 0.497 e. The molecule has 31 heavy (non-hydrogen) atoms. The quantitative estimate of drug-likeness (QED) is 0.570. The van der Waals surface area contributed by atoms with Crippen LogP contribution in [0.1, 0.15) is 30.1 Å². The summed E-state index contributed by atoms with van der Waals surface area (Å²) in [6.45, 7) is 4.14. The molecule has 7 nitrogen and oxygen atoms in total. The van der Waals surface area contributed by atoms with Gasteiger partial charge in [-0.2, -0.15) is 0 Å². The lowest BCUT2D eigenvalue weighted by Crippen LogP contribution is -2.38. The fourth-order valence-electron chi connectivity index (χ4n) is 3.73. The molecule has 162 valence electrons. The second kappa shape index (κ2) is 9.89. The number of carbonyl (C=O) groups excluding carboxylic acids is 1. The van der Waals surface area contributed by atoms with Gasteiger partial charge >= 0.3 is 0 Å². The van der Waals surface area contributed by atoms with E-state index in [2.05, 4.69) is 26.6 Å². The number of anilines is 3. The van der Waals surface area contributed by atoms with Gasteiger partial charge in [0, 0.05) is 22.7 Å². The Hall–Kier alpha value is -2.97. The maximum absolute atomic E-state index is 12.4. The Morgan fingerprint density at radius 3 is 2.61 bits per heavy atom. The minimum absolute atomic E-state index is 0.00619. The molecule has 1 aliphatic heterocycles. The van der Waals surface area contributed by atoms with Crippen molar-refractivity contribution in [2.75, 3.05) is 37.4 Å². The van der Waals surface area contributed by atoms with Crippen LogP contribution in [0.3, 0.4) is 0 Å². The van der Waals surface area contributed by atoms with E-state index in [1.54, 1.807) is 18.4 Å². The summed E-state index contributed by atoms with van der Waals surface area (Å²) < 4.78 is 5.15. The summed E-state index contributed by atoms with van der Waals surface area (Å²) in [5, 5.41) is 9.13. The molecule has 0 atom stereocenters. The van der Waals surface area contributed by atoms with Gasteiger partial charge in [-0.15, -0.1) is 11.3 Å². The first-order valence-electron chi connectivity index (χ1n) is 10.4. The Morgan fingerprint density at radius 1 is 1.16 bits per heavy atom. The number of hydrogen-bond donors (Lipinski definition) is 2. The number of carbonyl (C=O) groups is 1. The Labute approximate surface area is 186 Å². The fourth-order valence-corrected chi connectivity index (χ4v) is 4.43. The minimum Gasteiger partial charge on any atom is -0.497 e. The van der Waals surface area contributed by atoms with E-state index in [9.17, 15) is 4.79 Å². The molecule has 0 unspecified atom stereocenters. The number of likely N-dealkylation sites (tertiary alicyclic amines) is 1. The molecule has 4 rings (SSSR count). The van der Waals surface area contributed by atoms with Crippen molar-refractivity contribution in [3.63, 3.8) is 0 Å². The number of hydrogen-bond acceptors (Lipinski definition) is 7. The molecule has 1 saturated heterocycles. The van der Waals surface area contributed by atoms with E-state index in [1.807, 2.05) is 48.7 Å². The van der Waals surface area contributed by atoms with Crippen LogP contribution in [0.25, 0.3) is 0 Å². The van der Waals surface area contributed by atoms with E-state index in [0.717, 1.165) is 59.7 Å². The summed E-state index contributed by atoms with van der Waals surface area (Å²) in [4.78, 5) is 23.8. The monoisotopic (exact) mass is 437 g/mol. The summed E-state index contributed by atoms with van der Waals surface area (Å²) in [5.41, 5.74) is 2.89. The fraction of sp³-hybridized carbons (Fsp3) is 0.348. The SMILES string of the molecule is COc1ccc(NC(=O)CN2CCC(c3cccc(Nc4nc(C)cs4)n3)CC2)cc1. The number of piperidine rings is 1. The standard InChI is InChI=1S/C23H27N5O2S/c1-16-15-31-23(24-16)27-21-5-3-4-20(26-21)17-10-12-28(13-11-17)14-22(29)25-18-6-8-19(30-2)9-7-18/h3-9,15,17H,10-14H2,1-2H3,(H,25,29)(H,24,26,27). The number of rotatable bonds is 7. The number of benzene rings is 1. The number of ether oxygens (including phenoxy) is 1. The number of nitrogens with one attached hydrogen (secondary N) is 2. The van der Waals surface area contributed by atoms with Gasteiger partial charge in [0.05, 0.1) is 19.3 Å². The first-order valence-corrected chi connectivity index (χ1v) is 11.3. The number of nitrogens with zero attached hydrogens (tertiary/aromatic N) is 3. The van der Waals surface area contributed by atoms with E-state index in [1.165, 1.54) is 0 Å². The van der Waals surface area contributed by atoms with E-state index in [-0.39, 0.29) is 5.91 Å². The predicted molar refractivity (Wildman–Crippen MR) is 124 cm³/mol. The van der Waals surface area contributed by atoms with Gasteiger partial charge in [-0.25, -0.2) is 9.97 Å². The molecule has 0 radical (unpaired) electrons. The van der Waals surface area contributed by atoms with Crippen LogP contribution >= 0.6 is 11.3 Å². The number of aromatic nitrogens is 2. The highest BCUT2D eigenvalue weighted by molar-refractivity contribution is 7.13. The zero-order valence-electron chi connectivity index (χ0n) is 17.8. The highest BCUT2D eigenvalue weighted by atomic mass is 32.1. The van der Waals surface area contributed by atoms with Crippen molar-refractivity contribution in [2.24, 2.45) is 0 Å². The molecule has 2 N–H and O–H groups in total. The lowest BCUT2D eigenvalue weighted by Gasteiger charge is -2.31. The lowest BCUT2D eigenvalue weighted by atomic mass is 9.93. The lowest BCUT2D eigenvalue weighted by molar-refractivity contribution is -0.117. The summed E-state index contributed by atoms with van der Waals surface area (Å²) in [6, 6.07) is 13.5. The number of aryl methyl sites for hydroxylation is 1. The molecule has 8 heteroatoms. The molecule has 3 heterocycles. The van der Waals surface area contributed by atoms with Crippen molar-refractivity contribution >= 4 is 33.9 Å². The maximum atomic E-state index is 12.4. The van der Waals surface area contributed by atoms with Crippen molar-refractivity contribution in [1.29, 1.82) is 0 Å². The molecule has 0 spiro atoms.